The maximum absolute atomic E-state index is 14.2. The molecule has 0 spiro atoms. The number of esters is 4. The Hall–Kier alpha value is -2.94. The molecule has 3 aliphatic rings. The quantitative estimate of drug-likeness (QED) is 0.361. The summed E-state index contributed by atoms with van der Waals surface area (Å²) in [6.45, 7) is 0. The van der Waals surface area contributed by atoms with E-state index >= 15 is 0 Å². The summed E-state index contributed by atoms with van der Waals surface area (Å²) in [6, 6.07) is 0. The second-order valence-corrected chi connectivity index (χ2v) is 6.23. The Bertz CT molecular complexity index is 893. The molecule has 164 valence electrons. The Balaban J connectivity index is 2.47. The molecule has 16 heteroatoms. The van der Waals surface area contributed by atoms with Crippen LogP contribution in [-0.2, 0) is 28.7 Å². The normalized spacial score (nSPS) is 29.8. The van der Waals surface area contributed by atoms with E-state index in [4.69, 9.17) is 0 Å². The number of hydrogen-bond donors (Lipinski definition) is 0. The molecule has 2 aliphatic heterocycles. The van der Waals surface area contributed by atoms with Gasteiger partial charge < -0.3 is 9.47 Å². The van der Waals surface area contributed by atoms with Crippen LogP contribution in [0.1, 0.15) is 0 Å². The lowest BCUT2D eigenvalue weighted by Gasteiger charge is -2.40. The third-order valence-corrected chi connectivity index (χ3v) is 4.73. The van der Waals surface area contributed by atoms with Crippen LogP contribution in [0.5, 0.6) is 0 Å². The molecule has 1 aliphatic carbocycles. The lowest BCUT2D eigenvalue weighted by Crippen LogP contribution is -2.60. The Kier molecular flexibility index (Phi) is 3.92. The molecule has 30 heavy (non-hydrogen) atoms. The van der Waals surface area contributed by atoms with Crippen molar-refractivity contribution < 1.29 is 72.6 Å². The van der Waals surface area contributed by atoms with Gasteiger partial charge in [0, 0.05) is 0 Å². The van der Waals surface area contributed by atoms with Crippen LogP contribution in [0.2, 0.25) is 0 Å². The van der Waals surface area contributed by atoms with Crippen LogP contribution in [0.3, 0.4) is 0 Å². The minimum absolute atomic E-state index is 0.948. The molecule has 0 amide bonds. The lowest BCUT2D eigenvalue weighted by molar-refractivity contribution is -0.312. The fourth-order valence-corrected chi connectivity index (χ4v) is 3.26. The average molecular weight is 456 g/mol. The van der Waals surface area contributed by atoms with Crippen molar-refractivity contribution in [1.29, 1.82) is 0 Å². The Morgan fingerprint density at radius 3 is 1.07 bits per heavy atom. The highest BCUT2D eigenvalue weighted by Crippen LogP contribution is 2.65. The van der Waals surface area contributed by atoms with Crippen LogP contribution in [-0.4, -0.2) is 48.1 Å². The Morgan fingerprint density at radius 2 is 0.833 bits per heavy atom. The van der Waals surface area contributed by atoms with Crippen molar-refractivity contribution in [2.45, 2.75) is 24.2 Å². The van der Waals surface area contributed by atoms with E-state index in [1.807, 2.05) is 0 Å². The third-order valence-electron chi connectivity index (χ3n) is 4.73. The van der Waals surface area contributed by atoms with Crippen molar-refractivity contribution in [3.63, 3.8) is 0 Å². The number of halogens is 10. The van der Waals surface area contributed by atoms with Crippen LogP contribution in [0.4, 0.5) is 43.9 Å². The fourth-order valence-electron chi connectivity index (χ4n) is 3.26. The summed E-state index contributed by atoms with van der Waals surface area (Å²) < 4.78 is 142. The number of cyclic esters (lactones) is 4. The number of alkyl halides is 10. The standard InChI is InChI=1S/C14H2F10O6/c15-11(16,13(19,20)21)9-1-3-5(25)29-8(28)10(3,12(17,18)14(22,23)24)2-4(9)6(26)30-7(9)27/h1-2H. The monoisotopic (exact) mass is 456 g/mol. The van der Waals surface area contributed by atoms with Gasteiger partial charge in [-0.2, -0.15) is 43.9 Å². The first-order chi connectivity index (χ1) is 13.3. The maximum atomic E-state index is 14.2. The van der Waals surface area contributed by atoms with E-state index in [0.717, 1.165) is 0 Å². The first kappa shape index (κ1) is 21.8. The first-order valence-electron chi connectivity index (χ1n) is 7.18. The molecule has 2 atom stereocenters. The van der Waals surface area contributed by atoms with Crippen molar-refractivity contribution >= 4 is 23.9 Å². The van der Waals surface area contributed by atoms with Gasteiger partial charge in [-0.05, 0) is 12.2 Å². The molecule has 0 radical (unpaired) electrons. The zero-order valence-corrected chi connectivity index (χ0v) is 13.4. The summed E-state index contributed by atoms with van der Waals surface area (Å²) in [6.07, 6.45) is -15.3. The van der Waals surface area contributed by atoms with Gasteiger partial charge in [0.25, 0.3) is 0 Å². The molecule has 0 aromatic carbocycles. The molecule has 0 N–H and O–H groups in total. The topological polar surface area (TPSA) is 86.7 Å². The van der Waals surface area contributed by atoms with Gasteiger partial charge in [0.15, 0.2) is 10.8 Å². The Labute approximate surface area is 156 Å². The average Bonchev–Trinajstić information content (AvgIpc) is 2.96. The molecule has 2 unspecified atom stereocenters. The van der Waals surface area contributed by atoms with Gasteiger partial charge in [-0.15, -0.1) is 0 Å². The predicted octanol–water partition coefficient (Wildman–Crippen LogP) is 2.39. The minimum Gasteiger partial charge on any atom is -0.389 e. The summed E-state index contributed by atoms with van der Waals surface area (Å²) in [5.74, 6) is -23.0. The van der Waals surface area contributed by atoms with Crippen molar-refractivity contribution in [3.05, 3.63) is 23.3 Å². The van der Waals surface area contributed by atoms with Gasteiger partial charge in [0.05, 0.1) is 11.1 Å². The molecular weight excluding hydrogens is 454 g/mol. The van der Waals surface area contributed by atoms with E-state index in [9.17, 15) is 63.1 Å². The van der Waals surface area contributed by atoms with Crippen LogP contribution in [0, 0.1) is 10.8 Å². The molecule has 0 aromatic rings. The number of carbonyl (C=O) groups is 4. The first-order valence-corrected chi connectivity index (χ1v) is 7.18. The number of carbonyl (C=O) groups excluding carboxylic acids is 4. The van der Waals surface area contributed by atoms with E-state index < -0.39 is 82.2 Å². The van der Waals surface area contributed by atoms with Crippen LogP contribution in [0.15, 0.2) is 23.3 Å². The molecule has 0 aromatic heterocycles. The maximum Gasteiger partial charge on any atom is 0.455 e. The highest BCUT2D eigenvalue weighted by molar-refractivity contribution is 6.18. The number of fused-ring (bicyclic) bond motifs is 2. The van der Waals surface area contributed by atoms with Crippen molar-refractivity contribution in [2.75, 3.05) is 0 Å². The van der Waals surface area contributed by atoms with Gasteiger partial charge in [-0.3, -0.25) is 0 Å². The Morgan fingerprint density at radius 1 is 0.567 bits per heavy atom. The van der Waals surface area contributed by atoms with Crippen LogP contribution in [0.25, 0.3) is 0 Å². The highest BCUT2D eigenvalue weighted by atomic mass is 19.4. The fraction of sp³-hybridized carbons (Fsp3) is 0.429. The molecule has 2 heterocycles. The molecular formula is C14H2F10O6. The SMILES string of the molecule is O=C1OC(=O)C2(C(F)(F)C(F)(F)F)C=C3C(=O)OC(=O)C3(C(F)(F)C(F)(F)F)C=C12. The zero-order valence-electron chi connectivity index (χ0n) is 13.4. The predicted molar refractivity (Wildman–Crippen MR) is 65.2 cm³/mol. The molecule has 3 rings (SSSR count). The van der Waals surface area contributed by atoms with E-state index in [2.05, 4.69) is 9.47 Å². The van der Waals surface area contributed by atoms with E-state index in [-0.39, 0.29) is 0 Å². The van der Waals surface area contributed by atoms with Crippen molar-refractivity contribution in [2.24, 2.45) is 10.8 Å². The van der Waals surface area contributed by atoms with Gasteiger partial charge in [0.1, 0.15) is 0 Å². The molecule has 2 fully saturated rings. The van der Waals surface area contributed by atoms with Crippen molar-refractivity contribution in [3.8, 4) is 0 Å². The van der Waals surface area contributed by atoms with Gasteiger partial charge in [-0.25, -0.2) is 19.2 Å². The van der Waals surface area contributed by atoms with Crippen LogP contribution >= 0.6 is 0 Å². The number of rotatable bonds is 2. The second kappa shape index (κ2) is 5.40. The van der Waals surface area contributed by atoms with Crippen LogP contribution < -0.4 is 0 Å². The summed E-state index contributed by atoms with van der Waals surface area (Å²) in [5.41, 5.74) is -14.0. The smallest absolute Gasteiger partial charge is 0.389 e. The summed E-state index contributed by atoms with van der Waals surface area (Å²) in [5, 5.41) is 0. The largest absolute Gasteiger partial charge is 0.455 e. The van der Waals surface area contributed by atoms with Crippen molar-refractivity contribution in [1.82, 2.24) is 0 Å². The van der Waals surface area contributed by atoms with E-state index in [1.165, 1.54) is 0 Å². The van der Waals surface area contributed by atoms with E-state index in [0.29, 0.717) is 0 Å². The van der Waals surface area contributed by atoms with Gasteiger partial charge >= 0.3 is 48.1 Å². The van der Waals surface area contributed by atoms with Gasteiger partial charge in [0.2, 0.25) is 0 Å². The van der Waals surface area contributed by atoms with E-state index in [1.54, 1.807) is 0 Å². The molecule has 6 nitrogen and oxygen atoms in total. The summed E-state index contributed by atoms with van der Waals surface area (Å²) in [4.78, 5) is 47.0. The highest BCUT2D eigenvalue weighted by Gasteiger charge is 2.84. The molecule has 2 saturated heterocycles. The molecule has 0 bridgehead atoms. The second-order valence-electron chi connectivity index (χ2n) is 6.23. The summed E-state index contributed by atoms with van der Waals surface area (Å²) >= 11 is 0. The van der Waals surface area contributed by atoms with Gasteiger partial charge in [-0.1, -0.05) is 0 Å². The number of ether oxygens (including phenoxy) is 2. The number of hydrogen-bond acceptors (Lipinski definition) is 6. The zero-order chi connectivity index (χ0) is 23.3. The third kappa shape index (κ3) is 2.10. The summed E-state index contributed by atoms with van der Waals surface area (Å²) in [7, 11) is 0. The minimum atomic E-state index is -6.69. The lowest BCUT2D eigenvalue weighted by atomic mass is 9.62. The molecule has 0 saturated carbocycles.